The van der Waals surface area contributed by atoms with Crippen molar-refractivity contribution in [3.8, 4) is 16.9 Å². The third kappa shape index (κ3) is 4.42. The van der Waals surface area contributed by atoms with E-state index in [1.54, 1.807) is 0 Å². The molecule has 0 aromatic heterocycles. The Balaban J connectivity index is 1.72. The molecule has 2 aromatic carbocycles. The minimum Gasteiger partial charge on any atom is -0.507 e. The lowest BCUT2D eigenvalue weighted by molar-refractivity contribution is 0.242. The summed E-state index contributed by atoms with van der Waals surface area (Å²) in [6.07, 6.45) is 12.0. The van der Waals surface area contributed by atoms with Crippen LogP contribution in [0.4, 0.5) is 0 Å². The minimum absolute atomic E-state index is 0.361. The highest BCUT2D eigenvalue weighted by Gasteiger charge is 2.27. The Kier molecular flexibility index (Phi) is 6.37. The molecule has 0 heterocycles. The zero-order valence-corrected chi connectivity index (χ0v) is 18.0. The molecule has 2 aromatic rings. The van der Waals surface area contributed by atoms with Gasteiger partial charge in [0.05, 0.1) is 6.04 Å². The van der Waals surface area contributed by atoms with Gasteiger partial charge >= 0.3 is 0 Å². The second kappa shape index (κ2) is 9.15. The SMILES string of the molecule is CC1CCCC(N=Cc2c(-c3ccccc3)ccc(C3CCCCC3)c2O)C1C. The Morgan fingerprint density at radius 2 is 1.62 bits per heavy atom. The topological polar surface area (TPSA) is 32.6 Å². The van der Waals surface area contributed by atoms with Crippen molar-refractivity contribution in [2.75, 3.05) is 0 Å². The summed E-state index contributed by atoms with van der Waals surface area (Å²) in [5, 5.41) is 11.3. The van der Waals surface area contributed by atoms with Gasteiger partial charge in [-0.25, -0.2) is 0 Å². The van der Waals surface area contributed by atoms with Crippen LogP contribution in [0.1, 0.15) is 82.3 Å². The van der Waals surface area contributed by atoms with E-state index in [9.17, 15) is 5.11 Å². The summed E-state index contributed by atoms with van der Waals surface area (Å²) in [5.74, 6) is 2.26. The maximum atomic E-state index is 11.3. The van der Waals surface area contributed by atoms with Crippen LogP contribution in [0.15, 0.2) is 47.5 Å². The van der Waals surface area contributed by atoms with Crippen LogP contribution in [0.5, 0.6) is 5.75 Å². The minimum atomic E-state index is 0.361. The Hall–Kier alpha value is -2.09. The fraction of sp³-hybridized carbons (Fsp3) is 0.519. The first kappa shape index (κ1) is 20.2. The van der Waals surface area contributed by atoms with E-state index in [-0.39, 0.29) is 0 Å². The number of nitrogens with zero attached hydrogens (tertiary/aromatic N) is 1. The number of aromatic hydroxyl groups is 1. The van der Waals surface area contributed by atoms with E-state index in [1.807, 2.05) is 12.3 Å². The van der Waals surface area contributed by atoms with Gasteiger partial charge < -0.3 is 5.11 Å². The van der Waals surface area contributed by atoms with E-state index in [4.69, 9.17) is 4.99 Å². The van der Waals surface area contributed by atoms with E-state index in [0.717, 1.165) is 34.6 Å². The van der Waals surface area contributed by atoms with Crippen LogP contribution >= 0.6 is 0 Å². The molecule has 2 heteroatoms. The van der Waals surface area contributed by atoms with Gasteiger partial charge in [0.1, 0.15) is 5.75 Å². The van der Waals surface area contributed by atoms with Gasteiger partial charge in [0, 0.05) is 11.8 Å². The Bertz CT molecular complexity index is 835. The zero-order chi connectivity index (χ0) is 20.2. The zero-order valence-electron chi connectivity index (χ0n) is 18.0. The first-order valence-electron chi connectivity index (χ1n) is 11.6. The molecule has 1 N–H and O–H groups in total. The van der Waals surface area contributed by atoms with Gasteiger partial charge in [0.2, 0.25) is 0 Å². The lowest BCUT2D eigenvalue weighted by Crippen LogP contribution is -2.27. The van der Waals surface area contributed by atoms with Crippen LogP contribution in [0.3, 0.4) is 0 Å². The van der Waals surface area contributed by atoms with Gasteiger partial charge in [-0.1, -0.05) is 88.4 Å². The Morgan fingerprint density at radius 1 is 0.862 bits per heavy atom. The predicted octanol–water partition coefficient (Wildman–Crippen LogP) is 7.35. The summed E-state index contributed by atoms with van der Waals surface area (Å²) < 4.78 is 0. The van der Waals surface area contributed by atoms with E-state index < -0.39 is 0 Å². The highest BCUT2D eigenvalue weighted by Crippen LogP contribution is 2.41. The molecule has 0 spiro atoms. The molecule has 29 heavy (non-hydrogen) atoms. The summed E-state index contributed by atoms with van der Waals surface area (Å²) in [7, 11) is 0. The van der Waals surface area contributed by atoms with Crippen LogP contribution < -0.4 is 0 Å². The molecule has 2 aliphatic rings. The van der Waals surface area contributed by atoms with E-state index in [0.29, 0.717) is 23.6 Å². The number of aliphatic imine (C=N–C) groups is 1. The first-order chi connectivity index (χ1) is 14.1. The van der Waals surface area contributed by atoms with E-state index >= 15 is 0 Å². The van der Waals surface area contributed by atoms with Gasteiger partial charge in [0.15, 0.2) is 0 Å². The highest BCUT2D eigenvalue weighted by atomic mass is 16.3. The average molecular weight is 390 g/mol. The summed E-state index contributed by atoms with van der Waals surface area (Å²) in [6, 6.07) is 15.1. The molecule has 0 saturated heterocycles. The van der Waals surface area contributed by atoms with E-state index in [1.165, 1.54) is 44.9 Å². The van der Waals surface area contributed by atoms with Crippen LogP contribution in [-0.2, 0) is 0 Å². The number of phenols is 1. The fourth-order valence-corrected chi connectivity index (χ4v) is 5.30. The number of hydrogen-bond acceptors (Lipinski definition) is 2. The molecule has 0 bridgehead atoms. The molecule has 2 saturated carbocycles. The van der Waals surface area contributed by atoms with Crippen molar-refractivity contribution in [2.45, 2.75) is 77.2 Å². The van der Waals surface area contributed by atoms with Crippen LogP contribution in [0.2, 0.25) is 0 Å². The standard InChI is InChI=1S/C27H35NO/c1-19-10-9-15-26(20(19)2)28-18-25-23(21-11-5-3-6-12-21)16-17-24(27(25)29)22-13-7-4-8-14-22/h3,5-6,11-12,16-20,22,26,29H,4,7-10,13-15H2,1-2H3. The van der Waals surface area contributed by atoms with Gasteiger partial charge in [-0.2, -0.15) is 0 Å². The van der Waals surface area contributed by atoms with Gasteiger partial charge in [-0.3, -0.25) is 4.99 Å². The number of rotatable bonds is 4. The van der Waals surface area contributed by atoms with Crippen molar-refractivity contribution in [1.29, 1.82) is 0 Å². The normalized spacial score (nSPS) is 26.1. The Morgan fingerprint density at radius 3 is 2.38 bits per heavy atom. The molecule has 0 amide bonds. The smallest absolute Gasteiger partial charge is 0.128 e. The molecule has 4 rings (SSSR count). The van der Waals surface area contributed by atoms with Crippen molar-refractivity contribution in [3.05, 3.63) is 53.6 Å². The van der Waals surface area contributed by atoms with Crippen molar-refractivity contribution in [3.63, 3.8) is 0 Å². The van der Waals surface area contributed by atoms with Crippen LogP contribution in [0, 0.1) is 11.8 Å². The lowest BCUT2D eigenvalue weighted by atomic mass is 9.78. The molecule has 154 valence electrons. The lowest BCUT2D eigenvalue weighted by Gasteiger charge is -2.31. The van der Waals surface area contributed by atoms with Crippen LogP contribution in [0.25, 0.3) is 11.1 Å². The summed E-state index contributed by atoms with van der Waals surface area (Å²) in [6.45, 7) is 4.69. The molecule has 2 nitrogen and oxygen atoms in total. The van der Waals surface area contributed by atoms with Gasteiger partial charge in [-0.15, -0.1) is 0 Å². The second-order valence-corrected chi connectivity index (χ2v) is 9.28. The number of phenolic OH excluding ortho intramolecular Hbond substituents is 1. The van der Waals surface area contributed by atoms with Crippen molar-refractivity contribution in [1.82, 2.24) is 0 Å². The third-order valence-electron chi connectivity index (χ3n) is 7.44. The monoisotopic (exact) mass is 389 g/mol. The molecular formula is C27H35NO. The van der Waals surface area contributed by atoms with Crippen molar-refractivity contribution in [2.24, 2.45) is 16.8 Å². The quantitative estimate of drug-likeness (QED) is 0.545. The Labute approximate surface area is 176 Å². The third-order valence-corrected chi connectivity index (χ3v) is 7.44. The van der Waals surface area contributed by atoms with Gasteiger partial charge in [-0.05, 0) is 53.7 Å². The molecule has 3 atom stereocenters. The highest BCUT2D eigenvalue weighted by molar-refractivity contribution is 5.94. The van der Waals surface area contributed by atoms with Crippen molar-refractivity contribution < 1.29 is 5.11 Å². The number of hydrogen-bond donors (Lipinski definition) is 1. The number of benzene rings is 2. The fourth-order valence-electron chi connectivity index (χ4n) is 5.30. The second-order valence-electron chi connectivity index (χ2n) is 9.28. The maximum Gasteiger partial charge on any atom is 0.128 e. The molecule has 0 aliphatic heterocycles. The van der Waals surface area contributed by atoms with E-state index in [2.05, 4.69) is 50.2 Å². The summed E-state index contributed by atoms with van der Waals surface area (Å²) in [4.78, 5) is 5.03. The average Bonchev–Trinajstić information content (AvgIpc) is 2.76. The van der Waals surface area contributed by atoms with Gasteiger partial charge in [0.25, 0.3) is 0 Å². The summed E-state index contributed by atoms with van der Waals surface area (Å²) in [5.41, 5.74) is 4.26. The van der Waals surface area contributed by atoms with Crippen molar-refractivity contribution >= 4 is 6.21 Å². The predicted molar refractivity (Wildman–Crippen MR) is 123 cm³/mol. The maximum absolute atomic E-state index is 11.3. The molecule has 3 unspecified atom stereocenters. The molecular weight excluding hydrogens is 354 g/mol. The largest absolute Gasteiger partial charge is 0.507 e. The molecule has 0 radical (unpaired) electrons. The first-order valence-corrected chi connectivity index (χ1v) is 11.6. The molecule has 2 aliphatic carbocycles. The van der Waals surface area contributed by atoms with Crippen LogP contribution in [-0.4, -0.2) is 17.4 Å². The summed E-state index contributed by atoms with van der Waals surface area (Å²) >= 11 is 0. The molecule has 2 fully saturated rings.